The number of aliphatic hydroxyl groups excluding tert-OH is 1. The van der Waals surface area contributed by atoms with E-state index in [0.29, 0.717) is 35.4 Å². The Labute approximate surface area is 215 Å². The molecule has 0 fully saturated rings. The SMILES string of the molecule is CC(O)C(=O)O.CCN(CC)CCNC(=O)c1c(C)[nH]c2c1CCCC2=C1C(=O)Nc2ccc(F)cc21. The van der Waals surface area contributed by atoms with Crippen molar-refractivity contribution in [1.29, 1.82) is 0 Å². The van der Waals surface area contributed by atoms with Crippen molar-refractivity contribution in [1.82, 2.24) is 15.2 Å². The number of allylic oxidation sites excluding steroid dienone is 1. The van der Waals surface area contributed by atoms with E-state index in [0.717, 1.165) is 55.0 Å². The Morgan fingerprint density at radius 3 is 2.51 bits per heavy atom. The maximum atomic E-state index is 13.9. The molecule has 1 aliphatic heterocycles. The van der Waals surface area contributed by atoms with Crippen LogP contribution in [0.1, 0.15) is 66.5 Å². The van der Waals surface area contributed by atoms with Gasteiger partial charge in [-0.1, -0.05) is 13.8 Å². The fourth-order valence-corrected chi connectivity index (χ4v) is 4.70. The zero-order valence-corrected chi connectivity index (χ0v) is 21.7. The zero-order chi connectivity index (χ0) is 27.3. The highest BCUT2D eigenvalue weighted by molar-refractivity contribution is 6.37. The highest BCUT2D eigenvalue weighted by Crippen LogP contribution is 2.43. The lowest BCUT2D eigenvalue weighted by Gasteiger charge is -2.19. The highest BCUT2D eigenvalue weighted by Gasteiger charge is 2.33. The summed E-state index contributed by atoms with van der Waals surface area (Å²) in [7, 11) is 0. The first-order chi connectivity index (χ1) is 17.6. The molecule has 1 aromatic heterocycles. The third-order valence-electron chi connectivity index (χ3n) is 6.67. The number of hydrogen-bond acceptors (Lipinski definition) is 5. The number of carbonyl (C=O) groups is 3. The molecule has 1 atom stereocenters. The Morgan fingerprint density at radius 2 is 1.89 bits per heavy atom. The molecule has 0 saturated carbocycles. The number of carboxylic acids is 1. The van der Waals surface area contributed by atoms with Gasteiger partial charge in [0.1, 0.15) is 11.9 Å². The fourth-order valence-electron chi connectivity index (χ4n) is 4.70. The number of aliphatic hydroxyl groups is 1. The maximum Gasteiger partial charge on any atom is 0.332 e. The Hall–Kier alpha value is -3.50. The van der Waals surface area contributed by atoms with Crippen molar-refractivity contribution in [3.63, 3.8) is 0 Å². The molecule has 1 aliphatic carbocycles. The van der Waals surface area contributed by atoms with Gasteiger partial charge in [-0.15, -0.1) is 0 Å². The predicted molar refractivity (Wildman–Crippen MR) is 140 cm³/mol. The predicted octanol–water partition coefficient (Wildman–Crippen LogP) is 3.18. The van der Waals surface area contributed by atoms with Gasteiger partial charge in [0.05, 0.1) is 11.1 Å². The molecule has 0 bridgehead atoms. The molecule has 5 N–H and O–H groups in total. The number of nitrogens with zero attached hydrogens (tertiary/aromatic N) is 1. The van der Waals surface area contributed by atoms with E-state index in [4.69, 9.17) is 10.2 Å². The summed E-state index contributed by atoms with van der Waals surface area (Å²) in [6.07, 6.45) is 1.08. The lowest BCUT2D eigenvalue weighted by atomic mass is 9.86. The number of amides is 2. The summed E-state index contributed by atoms with van der Waals surface area (Å²) in [5.74, 6) is -1.87. The van der Waals surface area contributed by atoms with Crippen LogP contribution in [0.25, 0.3) is 11.1 Å². The second-order valence-electron chi connectivity index (χ2n) is 9.13. The first-order valence-electron chi connectivity index (χ1n) is 12.6. The Balaban J connectivity index is 0.000000568. The van der Waals surface area contributed by atoms with Gasteiger partial charge in [0.25, 0.3) is 11.8 Å². The van der Waals surface area contributed by atoms with Crippen LogP contribution in [0.5, 0.6) is 0 Å². The van der Waals surface area contributed by atoms with E-state index in [9.17, 15) is 18.8 Å². The van der Waals surface area contributed by atoms with Gasteiger partial charge < -0.3 is 30.7 Å². The quantitative estimate of drug-likeness (QED) is 0.360. The lowest BCUT2D eigenvalue weighted by Crippen LogP contribution is -2.35. The van der Waals surface area contributed by atoms with Crippen molar-refractivity contribution in [3.8, 4) is 0 Å². The van der Waals surface area contributed by atoms with E-state index in [-0.39, 0.29) is 17.6 Å². The van der Waals surface area contributed by atoms with Gasteiger partial charge in [-0.3, -0.25) is 9.59 Å². The fraction of sp³-hybridized carbons (Fsp3) is 0.444. The van der Waals surface area contributed by atoms with Crippen molar-refractivity contribution in [2.45, 2.75) is 53.1 Å². The van der Waals surface area contributed by atoms with Crippen LogP contribution in [-0.4, -0.2) is 70.2 Å². The number of fused-ring (bicyclic) bond motifs is 2. The summed E-state index contributed by atoms with van der Waals surface area (Å²) >= 11 is 0. The smallest absolute Gasteiger partial charge is 0.332 e. The van der Waals surface area contributed by atoms with Gasteiger partial charge >= 0.3 is 5.97 Å². The van der Waals surface area contributed by atoms with Crippen molar-refractivity contribution in [3.05, 3.63) is 52.1 Å². The second kappa shape index (κ2) is 12.2. The van der Waals surface area contributed by atoms with Crippen LogP contribution in [0, 0.1) is 12.7 Å². The second-order valence-corrected chi connectivity index (χ2v) is 9.13. The minimum Gasteiger partial charge on any atom is -0.479 e. The Kier molecular flexibility index (Phi) is 9.23. The number of aromatic nitrogens is 1. The minimum absolute atomic E-state index is 0.0873. The number of carbonyl (C=O) groups excluding carboxylic acids is 2. The van der Waals surface area contributed by atoms with Crippen molar-refractivity contribution in [2.24, 2.45) is 0 Å². The molecule has 10 heteroatoms. The molecule has 0 saturated heterocycles. The maximum absolute atomic E-state index is 13.9. The summed E-state index contributed by atoms with van der Waals surface area (Å²) < 4.78 is 13.9. The molecular formula is C27H35FN4O5. The third-order valence-corrected chi connectivity index (χ3v) is 6.67. The van der Waals surface area contributed by atoms with Gasteiger partial charge in [0.2, 0.25) is 0 Å². The summed E-state index contributed by atoms with van der Waals surface area (Å²) in [6.45, 7) is 10.6. The van der Waals surface area contributed by atoms with E-state index in [1.165, 1.54) is 19.1 Å². The van der Waals surface area contributed by atoms with Crippen LogP contribution in [0.2, 0.25) is 0 Å². The number of aromatic amines is 1. The molecule has 2 heterocycles. The number of likely N-dealkylation sites (N-methyl/N-ethyl adjacent to an activating group) is 1. The van der Waals surface area contributed by atoms with Crippen LogP contribution in [0.4, 0.5) is 10.1 Å². The van der Waals surface area contributed by atoms with Gasteiger partial charge in [-0.25, -0.2) is 9.18 Å². The number of benzene rings is 1. The monoisotopic (exact) mass is 514 g/mol. The number of H-pyrrole nitrogens is 1. The summed E-state index contributed by atoms with van der Waals surface area (Å²) in [4.78, 5) is 40.8. The van der Waals surface area contributed by atoms with Gasteiger partial charge in [0, 0.05) is 35.7 Å². The average Bonchev–Trinajstić information content (AvgIpc) is 3.36. The number of halogens is 1. The normalized spacial score (nSPS) is 16.9. The van der Waals surface area contributed by atoms with E-state index in [1.807, 2.05) is 6.92 Å². The van der Waals surface area contributed by atoms with Crippen molar-refractivity contribution >= 4 is 34.6 Å². The number of rotatable bonds is 7. The molecular weight excluding hydrogens is 479 g/mol. The van der Waals surface area contributed by atoms with Crippen LogP contribution in [-0.2, 0) is 16.0 Å². The lowest BCUT2D eigenvalue weighted by molar-refractivity contribution is -0.145. The van der Waals surface area contributed by atoms with Crippen LogP contribution < -0.4 is 10.6 Å². The largest absolute Gasteiger partial charge is 0.479 e. The van der Waals surface area contributed by atoms with Gasteiger partial charge in [0.15, 0.2) is 0 Å². The number of hydrogen-bond donors (Lipinski definition) is 5. The first-order valence-corrected chi connectivity index (χ1v) is 12.6. The standard InChI is InChI=1S/C24H29FN4O2.C3H6O3/c1-4-29(5-2)12-11-26-23(30)20-14(3)27-22-16(20)7-6-8-17(22)21-18-13-15(25)9-10-19(18)28-24(21)31;1-2(4)3(5)6/h9-10,13,27H,4-8,11-12H2,1-3H3,(H,26,30)(H,28,31);2,4H,1H3,(H,5,6). The van der Waals surface area contributed by atoms with Crippen molar-refractivity contribution in [2.75, 3.05) is 31.5 Å². The molecule has 37 heavy (non-hydrogen) atoms. The molecule has 2 aliphatic rings. The number of aryl methyl sites for hydroxylation is 1. The average molecular weight is 515 g/mol. The number of carboxylic acid groups (broad SMARTS) is 1. The van der Waals surface area contributed by atoms with Crippen LogP contribution in [0.15, 0.2) is 18.2 Å². The molecule has 2 amide bonds. The van der Waals surface area contributed by atoms with E-state index in [1.54, 1.807) is 6.07 Å². The molecule has 0 spiro atoms. The third kappa shape index (κ3) is 6.26. The number of nitrogens with one attached hydrogen (secondary N) is 3. The molecule has 1 unspecified atom stereocenters. The van der Waals surface area contributed by atoms with Gasteiger partial charge in [-0.05, 0) is 75.5 Å². The topological polar surface area (TPSA) is 135 Å². The molecule has 9 nitrogen and oxygen atoms in total. The van der Waals surface area contributed by atoms with E-state index >= 15 is 0 Å². The Morgan fingerprint density at radius 1 is 1.22 bits per heavy atom. The van der Waals surface area contributed by atoms with E-state index < -0.39 is 12.1 Å². The van der Waals surface area contributed by atoms with E-state index in [2.05, 4.69) is 34.4 Å². The molecule has 1 aromatic carbocycles. The van der Waals surface area contributed by atoms with Crippen LogP contribution in [0.3, 0.4) is 0 Å². The van der Waals surface area contributed by atoms with Gasteiger partial charge in [-0.2, -0.15) is 0 Å². The molecule has 2 aromatic rings. The molecule has 0 radical (unpaired) electrons. The van der Waals surface area contributed by atoms with Crippen molar-refractivity contribution < 1.29 is 29.0 Å². The Bertz CT molecular complexity index is 1210. The molecule has 200 valence electrons. The zero-order valence-electron chi connectivity index (χ0n) is 21.7. The minimum atomic E-state index is -1.23. The summed E-state index contributed by atoms with van der Waals surface area (Å²) in [6, 6.07) is 4.34. The first kappa shape index (κ1) is 28.1. The highest BCUT2D eigenvalue weighted by atomic mass is 19.1. The summed E-state index contributed by atoms with van der Waals surface area (Å²) in [5.41, 5.74) is 5.82. The number of anilines is 1. The number of aliphatic carboxylic acids is 1. The summed E-state index contributed by atoms with van der Waals surface area (Å²) in [5, 5.41) is 21.7. The van der Waals surface area contributed by atoms with Crippen LogP contribution >= 0.6 is 0 Å². The molecule has 4 rings (SSSR count).